The summed E-state index contributed by atoms with van der Waals surface area (Å²) in [5, 5.41) is 14.2. The molecule has 1 aliphatic heterocycles. The van der Waals surface area contributed by atoms with Crippen LogP contribution in [0.1, 0.15) is 25.7 Å². The van der Waals surface area contributed by atoms with Crippen molar-refractivity contribution in [3.63, 3.8) is 0 Å². The molecule has 0 aromatic carbocycles. The number of urea groups is 1. The van der Waals surface area contributed by atoms with Crippen LogP contribution in [0.25, 0.3) is 0 Å². The molecule has 1 aliphatic rings. The van der Waals surface area contributed by atoms with Crippen LogP contribution in [-0.2, 0) is 4.79 Å². The van der Waals surface area contributed by atoms with E-state index in [1.165, 1.54) is 0 Å². The number of carbonyl (C=O) groups excluding carboxylic acids is 1. The van der Waals surface area contributed by atoms with E-state index in [9.17, 15) is 9.59 Å². The average molecular weight is 300 g/mol. The van der Waals surface area contributed by atoms with Gasteiger partial charge in [0.15, 0.2) is 0 Å². The number of nitrogens with one attached hydrogen (secondary N) is 2. The Morgan fingerprint density at radius 3 is 2.62 bits per heavy atom. The summed E-state index contributed by atoms with van der Waals surface area (Å²) < 4.78 is 0. The lowest BCUT2D eigenvalue weighted by Gasteiger charge is -2.37. The van der Waals surface area contributed by atoms with Gasteiger partial charge in [-0.2, -0.15) is 0 Å². The maximum Gasteiger partial charge on any atom is 0.314 e. The van der Waals surface area contributed by atoms with Gasteiger partial charge < -0.3 is 20.6 Å². The van der Waals surface area contributed by atoms with Crippen molar-refractivity contribution < 1.29 is 14.7 Å². The molecular formula is C14H28N4O3. The molecule has 0 spiro atoms. The third-order valence-electron chi connectivity index (χ3n) is 3.83. The van der Waals surface area contributed by atoms with Gasteiger partial charge in [-0.1, -0.05) is 6.42 Å². The highest BCUT2D eigenvalue weighted by Crippen LogP contribution is 2.04. The van der Waals surface area contributed by atoms with E-state index in [0.717, 1.165) is 32.5 Å². The highest BCUT2D eigenvalue weighted by atomic mass is 16.4. The zero-order chi connectivity index (χ0) is 15.7. The van der Waals surface area contributed by atoms with Gasteiger partial charge in [0.2, 0.25) is 0 Å². The number of piperazine rings is 1. The SMILES string of the molecule is CN1CCN(C)C(CNC(=O)NCCCCCC(=O)O)C1. The number of hydrogen-bond donors (Lipinski definition) is 3. The highest BCUT2D eigenvalue weighted by molar-refractivity contribution is 5.73. The quantitative estimate of drug-likeness (QED) is 0.557. The Labute approximate surface area is 126 Å². The van der Waals surface area contributed by atoms with E-state index in [-0.39, 0.29) is 12.5 Å². The molecule has 2 amide bonds. The molecule has 1 heterocycles. The first-order valence-electron chi connectivity index (χ1n) is 7.61. The number of hydrogen-bond acceptors (Lipinski definition) is 4. The molecule has 1 unspecified atom stereocenters. The van der Waals surface area contributed by atoms with E-state index in [1.807, 2.05) is 0 Å². The number of nitrogens with zero attached hydrogens (tertiary/aromatic N) is 2. The fourth-order valence-corrected chi connectivity index (χ4v) is 2.37. The molecule has 1 rings (SSSR count). The van der Waals surface area contributed by atoms with Crippen molar-refractivity contribution in [2.24, 2.45) is 0 Å². The van der Waals surface area contributed by atoms with Gasteiger partial charge in [-0.3, -0.25) is 9.69 Å². The molecule has 21 heavy (non-hydrogen) atoms. The van der Waals surface area contributed by atoms with Gasteiger partial charge in [0.1, 0.15) is 0 Å². The van der Waals surface area contributed by atoms with Crippen molar-refractivity contribution in [1.29, 1.82) is 0 Å². The van der Waals surface area contributed by atoms with E-state index < -0.39 is 5.97 Å². The largest absolute Gasteiger partial charge is 0.481 e. The number of aliphatic carboxylic acids is 1. The molecule has 1 atom stereocenters. The second-order valence-corrected chi connectivity index (χ2v) is 5.74. The van der Waals surface area contributed by atoms with Crippen molar-refractivity contribution in [3.05, 3.63) is 0 Å². The molecule has 122 valence electrons. The first kappa shape index (κ1) is 17.7. The molecule has 1 fully saturated rings. The van der Waals surface area contributed by atoms with Crippen LogP contribution >= 0.6 is 0 Å². The van der Waals surface area contributed by atoms with Crippen LogP contribution in [0.4, 0.5) is 4.79 Å². The number of likely N-dealkylation sites (N-methyl/N-ethyl adjacent to an activating group) is 2. The van der Waals surface area contributed by atoms with Gasteiger partial charge in [-0.25, -0.2) is 4.79 Å². The minimum atomic E-state index is -0.762. The predicted molar refractivity (Wildman–Crippen MR) is 81.4 cm³/mol. The monoisotopic (exact) mass is 300 g/mol. The Balaban J connectivity index is 2.04. The first-order valence-corrected chi connectivity index (χ1v) is 7.61. The Hall–Kier alpha value is -1.34. The summed E-state index contributed by atoms with van der Waals surface area (Å²) in [7, 11) is 4.18. The number of carbonyl (C=O) groups is 2. The lowest BCUT2D eigenvalue weighted by molar-refractivity contribution is -0.137. The molecule has 7 nitrogen and oxygen atoms in total. The normalized spacial score (nSPS) is 20.2. The number of carboxylic acids is 1. The number of amides is 2. The molecule has 0 radical (unpaired) electrons. The smallest absolute Gasteiger partial charge is 0.314 e. The summed E-state index contributed by atoms with van der Waals surface area (Å²) >= 11 is 0. The van der Waals surface area contributed by atoms with Crippen LogP contribution in [0.3, 0.4) is 0 Å². The van der Waals surface area contributed by atoms with Crippen LogP contribution < -0.4 is 10.6 Å². The van der Waals surface area contributed by atoms with Crippen molar-refractivity contribution in [1.82, 2.24) is 20.4 Å². The van der Waals surface area contributed by atoms with E-state index in [0.29, 0.717) is 25.6 Å². The Kier molecular flexibility index (Phi) is 8.07. The maximum atomic E-state index is 11.7. The number of carboxylic acid groups (broad SMARTS) is 1. The fourth-order valence-electron chi connectivity index (χ4n) is 2.37. The molecule has 7 heteroatoms. The van der Waals surface area contributed by atoms with Crippen LogP contribution in [-0.4, -0.2) is 79.8 Å². The summed E-state index contributed by atoms with van der Waals surface area (Å²) in [6.45, 7) is 4.28. The molecule has 0 aliphatic carbocycles. The summed E-state index contributed by atoms with van der Waals surface area (Å²) in [4.78, 5) is 26.5. The van der Waals surface area contributed by atoms with Gasteiger partial charge in [0, 0.05) is 45.2 Å². The van der Waals surface area contributed by atoms with Crippen LogP contribution in [0.2, 0.25) is 0 Å². The third-order valence-corrected chi connectivity index (χ3v) is 3.83. The summed E-state index contributed by atoms with van der Waals surface area (Å²) in [5.41, 5.74) is 0. The van der Waals surface area contributed by atoms with E-state index >= 15 is 0 Å². The van der Waals surface area contributed by atoms with Gasteiger partial charge in [-0.05, 0) is 26.9 Å². The fraction of sp³-hybridized carbons (Fsp3) is 0.857. The van der Waals surface area contributed by atoms with Crippen LogP contribution in [0, 0.1) is 0 Å². The molecule has 0 aromatic rings. The van der Waals surface area contributed by atoms with Crippen molar-refractivity contribution in [2.45, 2.75) is 31.7 Å². The van der Waals surface area contributed by atoms with Gasteiger partial charge in [-0.15, -0.1) is 0 Å². The van der Waals surface area contributed by atoms with Gasteiger partial charge in [0.05, 0.1) is 0 Å². The van der Waals surface area contributed by atoms with Crippen molar-refractivity contribution >= 4 is 12.0 Å². The zero-order valence-corrected chi connectivity index (χ0v) is 13.1. The number of rotatable bonds is 8. The van der Waals surface area contributed by atoms with Crippen molar-refractivity contribution in [3.8, 4) is 0 Å². The average Bonchev–Trinajstić information content (AvgIpc) is 2.43. The minimum Gasteiger partial charge on any atom is -0.481 e. The van der Waals surface area contributed by atoms with Crippen LogP contribution in [0.5, 0.6) is 0 Å². The molecular weight excluding hydrogens is 272 g/mol. The van der Waals surface area contributed by atoms with Crippen LogP contribution in [0.15, 0.2) is 0 Å². The lowest BCUT2D eigenvalue weighted by atomic mass is 10.2. The Morgan fingerprint density at radius 1 is 1.14 bits per heavy atom. The molecule has 0 bridgehead atoms. The topological polar surface area (TPSA) is 84.9 Å². The zero-order valence-electron chi connectivity index (χ0n) is 13.1. The Morgan fingerprint density at radius 2 is 1.90 bits per heavy atom. The Bertz CT molecular complexity index is 338. The first-order chi connectivity index (χ1) is 9.99. The third kappa shape index (κ3) is 7.87. The van der Waals surface area contributed by atoms with Gasteiger partial charge in [0.25, 0.3) is 0 Å². The maximum absolute atomic E-state index is 11.7. The highest BCUT2D eigenvalue weighted by Gasteiger charge is 2.22. The minimum absolute atomic E-state index is 0.144. The molecule has 0 saturated carbocycles. The molecule has 0 aromatic heterocycles. The van der Waals surface area contributed by atoms with E-state index in [1.54, 1.807) is 0 Å². The second kappa shape index (κ2) is 9.57. The molecule has 3 N–H and O–H groups in total. The standard InChI is InChI=1S/C14H28N4O3/c1-17-8-9-18(2)12(11-17)10-16-14(21)15-7-5-3-4-6-13(19)20/h12H,3-11H2,1-2H3,(H,19,20)(H2,15,16,21). The predicted octanol–water partition coefficient (Wildman–Crippen LogP) is 0.176. The van der Waals surface area contributed by atoms with E-state index in [4.69, 9.17) is 5.11 Å². The van der Waals surface area contributed by atoms with Gasteiger partial charge >= 0.3 is 12.0 Å². The number of unbranched alkanes of at least 4 members (excludes halogenated alkanes) is 2. The summed E-state index contributed by atoms with van der Waals surface area (Å²) in [6.07, 6.45) is 2.50. The summed E-state index contributed by atoms with van der Waals surface area (Å²) in [5.74, 6) is -0.762. The molecule has 1 saturated heterocycles. The lowest BCUT2D eigenvalue weighted by Crippen LogP contribution is -2.55. The summed E-state index contributed by atoms with van der Waals surface area (Å²) in [6, 6.07) is 0.208. The second-order valence-electron chi connectivity index (χ2n) is 5.74. The van der Waals surface area contributed by atoms with Crippen molar-refractivity contribution in [2.75, 3.05) is 46.8 Å². The van der Waals surface area contributed by atoms with E-state index in [2.05, 4.69) is 34.5 Å².